The fraction of sp³-hybridized carbons (Fsp3) is 0.429. The minimum atomic E-state index is -0.364. The summed E-state index contributed by atoms with van der Waals surface area (Å²) in [5, 5.41) is 6.47. The number of carbonyl (C=O) groups excluding carboxylic acids is 1. The second kappa shape index (κ2) is 5.77. The first kappa shape index (κ1) is 13.9. The highest BCUT2D eigenvalue weighted by molar-refractivity contribution is 7.80. The zero-order valence-corrected chi connectivity index (χ0v) is 12.4. The Morgan fingerprint density at radius 1 is 1.38 bits per heavy atom. The van der Waals surface area contributed by atoms with Crippen LogP contribution in [0.25, 0.3) is 0 Å². The average molecular weight is 308 g/mol. The lowest BCUT2D eigenvalue weighted by molar-refractivity contribution is -0.142. The average Bonchev–Trinajstić information content (AvgIpc) is 3.02. The molecule has 2 heterocycles. The van der Waals surface area contributed by atoms with Gasteiger partial charge in [0.25, 0.3) is 0 Å². The van der Waals surface area contributed by atoms with Gasteiger partial charge >= 0.3 is 5.97 Å². The van der Waals surface area contributed by atoms with Gasteiger partial charge in [-0.05, 0) is 36.8 Å². The highest BCUT2D eigenvalue weighted by Crippen LogP contribution is 2.32. The second-order valence-electron chi connectivity index (χ2n) is 5.05. The lowest BCUT2D eigenvalue weighted by atomic mass is 10.2. The van der Waals surface area contributed by atoms with E-state index in [-0.39, 0.29) is 24.9 Å². The van der Waals surface area contributed by atoms with Crippen LogP contribution in [0.1, 0.15) is 18.9 Å². The molecule has 3 rings (SSSR count). The summed E-state index contributed by atoms with van der Waals surface area (Å²) in [6, 6.07) is 5.35. The van der Waals surface area contributed by atoms with E-state index in [9.17, 15) is 4.79 Å². The van der Waals surface area contributed by atoms with Crippen molar-refractivity contribution in [3.8, 4) is 11.5 Å². The molecule has 0 aromatic heterocycles. The van der Waals surface area contributed by atoms with Crippen molar-refractivity contribution < 1.29 is 19.0 Å². The second-order valence-corrected chi connectivity index (χ2v) is 5.46. The molecule has 2 aliphatic heterocycles. The van der Waals surface area contributed by atoms with Crippen LogP contribution in [0.15, 0.2) is 18.2 Å². The van der Waals surface area contributed by atoms with Crippen LogP contribution in [0, 0.1) is 0 Å². The Balaban J connectivity index is 1.51. The van der Waals surface area contributed by atoms with E-state index < -0.39 is 0 Å². The molecule has 2 aliphatic rings. The van der Waals surface area contributed by atoms with Crippen LogP contribution >= 0.6 is 12.2 Å². The van der Waals surface area contributed by atoms with E-state index in [0.29, 0.717) is 18.1 Å². The third-order valence-electron chi connectivity index (χ3n) is 3.36. The van der Waals surface area contributed by atoms with E-state index >= 15 is 0 Å². The van der Waals surface area contributed by atoms with Crippen molar-refractivity contribution in [1.82, 2.24) is 10.6 Å². The van der Waals surface area contributed by atoms with Crippen LogP contribution < -0.4 is 20.1 Å². The summed E-state index contributed by atoms with van der Waals surface area (Å²) in [6.07, 6.45) is 0.566. The molecule has 0 radical (unpaired) electrons. The van der Waals surface area contributed by atoms with Gasteiger partial charge in [-0.25, -0.2) is 4.79 Å². The van der Waals surface area contributed by atoms with E-state index in [1.807, 2.05) is 25.1 Å². The maximum absolute atomic E-state index is 11.5. The van der Waals surface area contributed by atoms with Crippen LogP contribution in [-0.4, -0.2) is 30.0 Å². The van der Waals surface area contributed by atoms with Gasteiger partial charge in [0, 0.05) is 13.0 Å². The van der Waals surface area contributed by atoms with Crippen LogP contribution in [0.4, 0.5) is 0 Å². The number of nitrogens with one attached hydrogen (secondary N) is 2. The Kier molecular flexibility index (Phi) is 3.83. The van der Waals surface area contributed by atoms with E-state index in [2.05, 4.69) is 10.6 Å². The number of thiocarbonyl (C=S) groups is 1. The first-order valence-electron chi connectivity index (χ1n) is 6.75. The quantitative estimate of drug-likeness (QED) is 0.640. The number of cyclic esters (lactones) is 1. The molecule has 1 saturated heterocycles. The van der Waals surface area contributed by atoms with Gasteiger partial charge in [0.1, 0.15) is 12.1 Å². The topological polar surface area (TPSA) is 68.8 Å². The predicted octanol–water partition coefficient (Wildman–Crippen LogP) is 1.08. The number of benzene rings is 1. The molecule has 0 amide bonds. The van der Waals surface area contributed by atoms with Crippen LogP contribution in [0.3, 0.4) is 0 Å². The maximum atomic E-state index is 11.5. The summed E-state index contributed by atoms with van der Waals surface area (Å²) in [5.41, 5.74) is 1.02. The number of esters is 1. The van der Waals surface area contributed by atoms with Gasteiger partial charge < -0.3 is 24.8 Å². The molecule has 2 N–H and O–H groups in total. The highest BCUT2D eigenvalue weighted by atomic mass is 32.1. The van der Waals surface area contributed by atoms with Crippen molar-refractivity contribution in [2.45, 2.75) is 32.0 Å². The summed E-state index contributed by atoms with van der Waals surface area (Å²) < 4.78 is 15.6. The normalized spacial score (nSPS) is 22.8. The van der Waals surface area contributed by atoms with Crippen molar-refractivity contribution in [2.75, 3.05) is 6.79 Å². The maximum Gasteiger partial charge on any atom is 0.329 e. The van der Waals surface area contributed by atoms with Crippen LogP contribution in [0.2, 0.25) is 0 Å². The molecular formula is C14H16N2O4S. The molecular weight excluding hydrogens is 292 g/mol. The number of hydrogen-bond donors (Lipinski definition) is 2. The van der Waals surface area contributed by atoms with Gasteiger partial charge in [0.2, 0.25) is 6.79 Å². The van der Waals surface area contributed by atoms with E-state index in [4.69, 9.17) is 26.4 Å². The van der Waals surface area contributed by atoms with Gasteiger partial charge in [0.15, 0.2) is 16.6 Å². The number of rotatable bonds is 3. The van der Waals surface area contributed by atoms with Crippen molar-refractivity contribution in [3.63, 3.8) is 0 Å². The Hall–Kier alpha value is -2.02. The molecule has 21 heavy (non-hydrogen) atoms. The third kappa shape index (κ3) is 3.18. The Morgan fingerprint density at radius 3 is 2.95 bits per heavy atom. The van der Waals surface area contributed by atoms with Gasteiger partial charge in [-0.15, -0.1) is 0 Å². The van der Waals surface area contributed by atoms with Gasteiger partial charge in [-0.2, -0.15) is 0 Å². The molecule has 0 bridgehead atoms. The SMILES string of the molecule is C[C@H]1C[C@H](NC(=S)NCc2ccc3c(c2)OCO3)C(=O)O1. The molecule has 1 aromatic rings. The van der Waals surface area contributed by atoms with Crippen molar-refractivity contribution >= 4 is 23.3 Å². The van der Waals surface area contributed by atoms with E-state index in [1.54, 1.807) is 0 Å². The number of fused-ring (bicyclic) bond motifs is 1. The molecule has 0 saturated carbocycles. The smallest absolute Gasteiger partial charge is 0.329 e. The van der Waals surface area contributed by atoms with Gasteiger partial charge in [-0.3, -0.25) is 0 Å². The first-order chi connectivity index (χ1) is 10.1. The standard InChI is InChI=1S/C14H16N2O4S/c1-8-4-10(13(17)20-8)16-14(21)15-6-9-2-3-11-12(5-9)19-7-18-11/h2-3,5,8,10H,4,6-7H2,1H3,(H2,15,16,21)/t8-,10-/m0/s1. The van der Waals surface area contributed by atoms with Crippen LogP contribution in [-0.2, 0) is 16.1 Å². The molecule has 112 valence electrons. The first-order valence-corrected chi connectivity index (χ1v) is 7.16. The van der Waals surface area contributed by atoms with Crippen molar-refractivity contribution in [2.24, 2.45) is 0 Å². The zero-order chi connectivity index (χ0) is 14.8. The van der Waals surface area contributed by atoms with Crippen LogP contribution in [0.5, 0.6) is 11.5 Å². The monoisotopic (exact) mass is 308 g/mol. The van der Waals surface area contributed by atoms with E-state index in [0.717, 1.165) is 17.1 Å². The largest absolute Gasteiger partial charge is 0.461 e. The van der Waals surface area contributed by atoms with E-state index in [1.165, 1.54) is 0 Å². The Labute approximate surface area is 127 Å². The summed E-state index contributed by atoms with van der Waals surface area (Å²) in [4.78, 5) is 11.5. The van der Waals surface area contributed by atoms with Crippen molar-refractivity contribution in [3.05, 3.63) is 23.8 Å². The molecule has 0 aliphatic carbocycles. The Bertz CT molecular complexity index is 578. The number of ether oxygens (including phenoxy) is 3. The summed E-state index contributed by atoms with van der Waals surface area (Å²) >= 11 is 5.19. The lowest BCUT2D eigenvalue weighted by Gasteiger charge is -2.13. The van der Waals surface area contributed by atoms with Crippen molar-refractivity contribution in [1.29, 1.82) is 0 Å². The number of carbonyl (C=O) groups is 1. The molecule has 7 heteroatoms. The minimum Gasteiger partial charge on any atom is -0.461 e. The Morgan fingerprint density at radius 2 is 2.19 bits per heavy atom. The summed E-state index contributed by atoms with van der Waals surface area (Å²) in [5.74, 6) is 1.23. The molecule has 1 aromatic carbocycles. The number of hydrogen-bond acceptors (Lipinski definition) is 5. The highest BCUT2D eigenvalue weighted by Gasteiger charge is 2.32. The lowest BCUT2D eigenvalue weighted by Crippen LogP contribution is -2.43. The molecule has 2 atom stereocenters. The summed E-state index contributed by atoms with van der Waals surface area (Å²) in [6.45, 7) is 2.66. The zero-order valence-electron chi connectivity index (χ0n) is 11.5. The fourth-order valence-corrected chi connectivity index (χ4v) is 2.53. The summed E-state index contributed by atoms with van der Waals surface area (Å²) in [7, 11) is 0. The predicted molar refractivity (Wildman–Crippen MR) is 79.1 cm³/mol. The fourth-order valence-electron chi connectivity index (χ4n) is 2.32. The van der Waals surface area contributed by atoms with Gasteiger partial charge in [0.05, 0.1) is 0 Å². The van der Waals surface area contributed by atoms with Gasteiger partial charge in [-0.1, -0.05) is 6.07 Å². The molecule has 0 spiro atoms. The minimum absolute atomic E-state index is 0.0633. The molecule has 6 nitrogen and oxygen atoms in total. The molecule has 0 unspecified atom stereocenters. The third-order valence-corrected chi connectivity index (χ3v) is 3.63. The molecule has 1 fully saturated rings.